The van der Waals surface area contributed by atoms with Crippen LogP contribution < -0.4 is 10.9 Å². The number of pyridine rings is 1. The highest BCUT2D eigenvalue weighted by atomic mass is 19.1. The molecule has 2 aliphatic rings. The molecule has 2 aromatic heterocycles. The van der Waals surface area contributed by atoms with Gasteiger partial charge in [0.15, 0.2) is 0 Å². The van der Waals surface area contributed by atoms with Crippen molar-refractivity contribution in [2.75, 3.05) is 19.7 Å². The van der Waals surface area contributed by atoms with Crippen LogP contribution >= 0.6 is 0 Å². The molecule has 0 saturated carbocycles. The molecule has 0 radical (unpaired) electrons. The molecule has 2 aliphatic heterocycles. The second-order valence-corrected chi connectivity index (χ2v) is 9.40. The lowest BCUT2D eigenvalue weighted by atomic mass is 9.88. The van der Waals surface area contributed by atoms with E-state index < -0.39 is 6.04 Å². The number of aromatic nitrogens is 3. The van der Waals surface area contributed by atoms with Crippen LogP contribution in [0.1, 0.15) is 24.4 Å². The number of carbonyl (C=O) groups excluding carboxylic acids is 1. The van der Waals surface area contributed by atoms with Crippen LogP contribution in [0.15, 0.2) is 53.7 Å². The molecule has 35 heavy (non-hydrogen) atoms. The molecular weight excluding hydrogens is 449 g/mol. The first kappa shape index (κ1) is 23.4. The number of benzene rings is 1. The van der Waals surface area contributed by atoms with E-state index >= 15 is 0 Å². The van der Waals surface area contributed by atoms with Gasteiger partial charge in [0.2, 0.25) is 5.91 Å². The highest BCUT2D eigenvalue weighted by Gasteiger charge is 2.54. The molecule has 1 fully saturated rings. The van der Waals surface area contributed by atoms with Gasteiger partial charge >= 0.3 is 0 Å². The number of aliphatic hydroxyl groups excluding tert-OH is 1. The monoisotopic (exact) mass is 479 g/mol. The summed E-state index contributed by atoms with van der Waals surface area (Å²) in [6.07, 6.45) is 4.29. The van der Waals surface area contributed by atoms with Gasteiger partial charge < -0.3 is 19.6 Å². The third kappa shape index (κ3) is 4.08. The van der Waals surface area contributed by atoms with E-state index in [0.29, 0.717) is 37.2 Å². The number of amides is 1. The number of halogens is 1. The summed E-state index contributed by atoms with van der Waals surface area (Å²) >= 11 is 0. The van der Waals surface area contributed by atoms with Crippen molar-refractivity contribution in [2.45, 2.75) is 32.0 Å². The van der Waals surface area contributed by atoms with E-state index in [9.17, 15) is 19.1 Å². The third-order valence-corrected chi connectivity index (χ3v) is 7.42. The first-order valence-corrected chi connectivity index (χ1v) is 12.0. The minimum atomic E-state index is -0.468. The van der Waals surface area contributed by atoms with E-state index in [1.807, 2.05) is 30.8 Å². The fraction of sp³-hybridized carbons (Fsp3) is 0.423. The second kappa shape index (κ2) is 9.39. The Bertz CT molecular complexity index is 1280. The number of hydrogen-bond donors (Lipinski definition) is 2. The number of fused-ring (bicyclic) bond motifs is 3. The number of aliphatic hydroxyl groups is 1. The Hall–Kier alpha value is -3.30. The van der Waals surface area contributed by atoms with Gasteiger partial charge in [-0.2, -0.15) is 0 Å². The molecule has 184 valence electrons. The van der Waals surface area contributed by atoms with Crippen LogP contribution in [0.25, 0.3) is 11.1 Å². The number of hydrogen-bond acceptors (Lipinski definition) is 5. The predicted molar refractivity (Wildman–Crippen MR) is 129 cm³/mol. The zero-order valence-electron chi connectivity index (χ0n) is 19.9. The first-order chi connectivity index (χ1) is 16.9. The van der Waals surface area contributed by atoms with Crippen LogP contribution in [-0.4, -0.2) is 55.8 Å². The van der Waals surface area contributed by atoms with Gasteiger partial charge in [0.25, 0.3) is 5.56 Å². The number of carbonyl (C=O) groups is 1. The van der Waals surface area contributed by atoms with E-state index in [4.69, 9.17) is 0 Å². The Morgan fingerprint density at radius 3 is 2.66 bits per heavy atom. The summed E-state index contributed by atoms with van der Waals surface area (Å²) in [6.45, 7) is 3.38. The number of nitrogens with one attached hydrogen (secondary N) is 1. The molecule has 8 nitrogen and oxygen atoms in total. The molecule has 1 saturated heterocycles. The fourth-order valence-corrected chi connectivity index (χ4v) is 5.84. The van der Waals surface area contributed by atoms with Gasteiger partial charge in [0.05, 0.1) is 24.1 Å². The summed E-state index contributed by atoms with van der Waals surface area (Å²) in [5.74, 6) is -0.794. The van der Waals surface area contributed by atoms with Gasteiger partial charge in [-0.3, -0.25) is 14.5 Å². The van der Waals surface area contributed by atoms with Gasteiger partial charge in [-0.15, -0.1) is 0 Å². The Kier molecular flexibility index (Phi) is 6.29. The number of imidazole rings is 1. The van der Waals surface area contributed by atoms with Crippen molar-refractivity contribution in [1.29, 1.82) is 0 Å². The van der Waals surface area contributed by atoms with E-state index in [0.717, 1.165) is 11.4 Å². The SMILES string of the molecule is CCN1[C@H](C(=O)NCCc2cn(C)cn2)[C@@H](CO)[C@@H]2Cn3c(ccc(-c4ccc(F)cc4)c3=O)[C@@H]21. The number of likely N-dealkylation sites (N-methyl/N-ethyl adjacent to an activating group) is 1. The maximum absolute atomic E-state index is 13.4. The lowest BCUT2D eigenvalue weighted by Crippen LogP contribution is -2.48. The Morgan fingerprint density at radius 1 is 1.23 bits per heavy atom. The topological polar surface area (TPSA) is 92.4 Å². The average Bonchev–Trinajstić information content (AvgIpc) is 3.52. The van der Waals surface area contributed by atoms with Gasteiger partial charge in [0.1, 0.15) is 5.82 Å². The number of likely N-dealkylation sites (tertiary alicyclic amines) is 1. The molecule has 0 spiro atoms. The molecule has 0 unspecified atom stereocenters. The highest BCUT2D eigenvalue weighted by molar-refractivity contribution is 5.82. The van der Waals surface area contributed by atoms with Crippen molar-refractivity contribution in [3.05, 3.63) is 76.5 Å². The van der Waals surface area contributed by atoms with Crippen molar-refractivity contribution in [2.24, 2.45) is 18.9 Å². The molecule has 3 aromatic rings. The van der Waals surface area contributed by atoms with Gasteiger partial charge in [0, 0.05) is 62.5 Å². The van der Waals surface area contributed by atoms with Crippen LogP contribution in [0.4, 0.5) is 4.39 Å². The Labute approximate surface area is 203 Å². The summed E-state index contributed by atoms with van der Waals surface area (Å²) in [6, 6.07) is 9.03. The summed E-state index contributed by atoms with van der Waals surface area (Å²) in [4.78, 5) is 33.0. The van der Waals surface area contributed by atoms with Crippen LogP contribution in [0.2, 0.25) is 0 Å². The van der Waals surface area contributed by atoms with E-state index in [1.54, 1.807) is 29.1 Å². The molecular formula is C26H30FN5O3. The number of aryl methyl sites for hydroxylation is 1. The molecule has 2 N–H and O–H groups in total. The maximum atomic E-state index is 13.4. The quantitative estimate of drug-likeness (QED) is 0.539. The molecule has 0 bridgehead atoms. The van der Waals surface area contributed by atoms with Crippen LogP contribution in [0.5, 0.6) is 0 Å². The summed E-state index contributed by atoms with van der Waals surface area (Å²) < 4.78 is 17.0. The van der Waals surface area contributed by atoms with Crippen molar-refractivity contribution in [3.63, 3.8) is 0 Å². The highest BCUT2D eigenvalue weighted by Crippen LogP contribution is 2.49. The number of rotatable bonds is 7. The van der Waals surface area contributed by atoms with E-state index in [2.05, 4.69) is 15.2 Å². The Morgan fingerprint density at radius 2 is 2.00 bits per heavy atom. The largest absolute Gasteiger partial charge is 0.396 e. The Balaban J connectivity index is 1.39. The zero-order chi connectivity index (χ0) is 24.7. The van der Waals surface area contributed by atoms with Gasteiger partial charge in [-0.05, 0) is 36.4 Å². The van der Waals surface area contributed by atoms with Crippen molar-refractivity contribution in [1.82, 2.24) is 24.3 Å². The molecule has 4 heterocycles. The van der Waals surface area contributed by atoms with Crippen LogP contribution in [0, 0.1) is 17.7 Å². The standard InChI is InChI=1S/C26H30FN5O3/c1-3-31-23-20(21(14-33)24(31)25(34)28-11-10-18-12-30(2)15-29-18)13-32-22(23)9-8-19(26(32)35)16-4-6-17(27)7-5-16/h4-9,12,15,20-21,23-24,33H,3,10-11,13-14H2,1-2H3,(H,28,34)/t20-,21-,23+,24-/m0/s1. The summed E-state index contributed by atoms with van der Waals surface area (Å²) in [5.41, 5.74) is 2.82. The fourth-order valence-electron chi connectivity index (χ4n) is 5.84. The normalized spacial score (nSPS) is 23.3. The second-order valence-electron chi connectivity index (χ2n) is 9.40. The molecule has 9 heteroatoms. The maximum Gasteiger partial charge on any atom is 0.258 e. The molecule has 1 aromatic carbocycles. The van der Waals surface area contributed by atoms with Gasteiger partial charge in [-0.1, -0.05) is 19.1 Å². The smallest absolute Gasteiger partial charge is 0.258 e. The average molecular weight is 480 g/mol. The summed E-state index contributed by atoms with van der Waals surface area (Å²) in [5, 5.41) is 13.3. The molecule has 1 amide bonds. The minimum Gasteiger partial charge on any atom is -0.396 e. The minimum absolute atomic E-state index is 0.0531. The lowest BCUT2D eigenvalue weighted by molar-refractivity contribution is -0.127. The molecule has 5 rings (SSSR count). The zero-order valence-corrected chi connectivity index (χ0v) is 19.9. The van der Waals surface area contributed by atoms with Crippen LogP contribution in [-0.2, 0) is 24.8 Å². The lowest BCUT2D eigenvalue weighted by Gasteiger charge is -2.29. The van der Waals surface area contributed by atoms with Crippen molar-refractivity contribution < 1.29 is 14.3 Å². The predicted octanol–water partition coefficient (Wildman–Crippen LogP) is 1.73. The third-order valence-electron chi connectivity index (χ3n) is 7.42. The molecule has 4 atom stereocenters. The molecule has 0 aliphatic carbocycles. The number of nitrogens with zero attached hydrogens (tertiary/aromatic N) is 4. The van der Waals surface area contributed by atoms with Gasteiger partial charge in [-0.25, -0.2) is 9.37 Å². The summed E-state index contributed by atoms with van der Waals surface area (Å²) in [7, 11) is 1.91. The van der Waals surface area contributed by atoms with E-state index in [-0.39, 0.29) is 41.8 Å². The van der Waals surface area contributed by atoms with E-state index in [1.165, 1.54) is 12.1 Å². The van der Waals surface area contributed by atoms with Crippen molar-refractivity contribution >= 4 is 5.91 Å². The van der Waals surface area contributed by atoms with Crippen LogP contribution in [0.3, 0.4) is 0 Å². The first-order valence-electron chi connectivity index (χ1n) is 12.0. The van der Waals surface area contributed by atoms with Crippen molar-refractivity contribution in [3.8, 4) is 11.1 Å².